The molecule has 0 radical (unpaired) electrons. The van der Waals surface area contributed by atoms with Gasteiger partial charge in [-0.25, -0.2) is 4.98 Å². The monoisotopic (exact) mass is 437 g/mol. The Kier molecular flexibility index (Phi) is 8.14. The number of carbonyl (C=O) groups is 1. The molecule has 0 saturated heterocycles. The zero-order valence-corrected chi connectivity index (χ0v) is 19.1. The number of aromatic amines is 1. The van der Waals surface area contributed by atoms with E-state index in [1.54, 1.807) is 18.3 Å². The first-order valence-electron chi connectivity index (χ1n) is 11.1. The number of ether oxygens (including phenoxy) is 3. The van der Waals surface area contributed by atoms with Crippen LogP contribution in [0.1, 0.15) is 56.3 Å². The van der Waals surface area contributed by atoms with E-state index in [4.69, 9.17) is 14.2 Å². The Balaban J connectivity index is 1.85. The molecule has 2 N–H and O–H groups in total. The summed E-state index contributed by atoms with van der Waals surface area (Å²) in [5.41, 5.74) is 2.39. The van der Waals surface area contributed by atoms with E-state index in [0.717, 1.165) is 11.3 Å². The fourth-order valence-electron chi connectivity index (χ4n) is 3.40. The van der Waals surface area contributed by atoms with Crippen molar-refractivity contribution in [2.45, 2.75) is 40.2 Å². The Morgan fingerprint density at radius 2 is 1.59 bits per heavy atom. The van der Waals surface area contributed by atoms with Crippen LogP contribution in [-0.4, -0.2) is 35.7 Å². The first-order chi connectivity index (χ1) is 15.6. The highest BCUT2D eigenvalue weighted by atomic mass is 16.5. The van der Waals surface area contributed by atoms with E-state index in [9.17, 15) is 4.79 Å². The summed E-state index contributed by atoms with van der Waals surface area (Å²) >= 11 is 0. The van der Waals surface area contributed by atoms with Crippen LogP contribution in [0.4, 0.5) is 0 Å². The van der Waals surface area contributed by atoms with E-state index in [1.165, 1.54) is 0 Å². The van der Waals surface area contributed by atoms with E-state index in [2.05, 4.69) is 15.3 Å². The number of hydrogen-bond acceptors (Lipinski definition) is 5. The molecule has 1 heterocycles. The molecule has 1 unspecified atom stereocenters. The van der Waals surface area contributed by atoms with Gasteiger partial charge < -0.3 is 24.5 Å². The molecule has 0 spiro atoms. The fraction of sp³-hybridized carbons (Fsp3) is 0.360. The number of hydrogen-bond donors (Lipinski definition) is 2. The van der Waals surface area contributed by atoms with E-state index in [1.807, 2.05) is 58.0 Å². The lowest BCUT2D eigenvalue weighted by Crippen LogP contribution is -2.29. The van der Waals surface area contributed by atoms with Crippen LogP contribution < -0.4 is 19.5 Å². The van der Waals surface area contributed by atoms with E-state index in [-0.39, 0.29) is 11.9 Å². The van der Waals surface area contributed by atoms with Crippen molar-refractivity contribution in [3.63, 3.8) is 0 Å². The van der Waals surface area contributed by atoms with Gasteiger partial charge in [0.05, 0.1) is 37.8 Å². The first kappa shape index (κ1) is 23.2. The van der Waals surface area contributed by atoms with Crippen molar-refractivity contribution < 1.29 is 19.0 Å². The highest BCUT2D eigenvalue weighted by Crippen LogP contribution is 2.39. The minimum absolute atomic E-state index is 0.237. The lowest BCUT2D eigenvalue weighted by Gasteiger charge is -2.19. The maximum absolute atomic E-state index is 13.1. The van der Waals surface area contributed by atoms with Crippen LogP contribution in [0, 0.1) is 0 Å². The Morgan fingerprint density at radius 1 is 0.969 bits per heavy atom. The lowest BCUT2D eigenvalue weighted by atomic mass is 10.1. The molecule has 32 heavy (non-hydrogen) atoms. The molecule has 3 rings (SSSR count). The van der Waals surface area contributed by atoms with Gasteiger partial charge in [-0.05, 0) is 44.9 Å². The number of rotatable bonds is 11. The van der Waals surface area contributed by atoms with Gasteiger partial charge in [0, 0.05) is 5.56 Å². The molecule has 0 bridgehead atoms. The minimum atomic E-state index is -0.266. The van der Waals surface area contributed by atoms with Crippen molar-refractivity contribution in [3.8, 4) is 28.5 Å². The Labute approximate surface area is 189 Å². The van der Waals surface area contributed by atoms with Gasteiger partial charge in [0.15, 0.2) is 11.5 Å². The molecule has 7 heteroatoms. The molecule has 170 valence electrons. The average Bonchev–Trinajstić information content (AvgIpc) is 3.30. The number of carbonyl (C=O) groups excluding carboxylic acids is 1. The van der Waals surface area contributed by atoms with Crippen LogP contribution >= 0.6 is 0 Å². The second-order valence-electron chi connectivity index (χ2n) is 7.08. The molecular weight excluding hydrogens is 406 g/mol. The predicted molar refractivity (Wildman–Crippen MR) is 124 cm³/mol. The highest BCUT2D eigenvalue weighted by Gasteiger charge is 2.21. The highest BCUT2D eigenvalue weighted by molar-refractivity contribution is 5.95. The summed E-state index contributed by atoms with van der Waals surface area (Å²) in [6.45, 7) is 9.03. The zero-order chi connectivity index (χ0) is 22.9. The molecule has 0 aliphatic heterocycles. The molecule has 7 nitrogen and oxygen atoms in total. The molecule has 0 aliphatic rings. The van der Waals surface area contributed by atoms with Crippen LogP contribution in [0.25, 0.3) is 11.3 Å². The molecule has 3 aromatic rings. The predicted octanol–water partition coefficient (Wildman–Crippen LogP) is 5.15. The van der Waals surface area contributed by atoms with Crippen molar-refractivity contribution in [3.05, 3.63) is 60.0 Å². The van der Waals surface area contributed by atoms with E-state index >= 15 is 0 Å². The van der Waals surface area contributed by atoms with Crippen LogP contribution in [-0.2, 0) is 0 Å². The summed E-state index contributed by atoms with van der Waals surface area (Å²) in [5, 5.41) is 3.07. The van der Waals surface area contributed by atoms with Crippen molar-refractivity contribution in [1.29, 1.82) is 0 Å². The molecule has 1 amide bonds. The van der Waals surface area contributed by atoms with E-state index < -0.39 is 0 Å². The standard InChI is InChI=1S/C25H31N3O4/c1-5-19(24-26-16-20(27-24)17-12-10-9-11-13-17)28-25(29)18-14-21(30-6-2)23(32-8-4)22(15-18)31-7-3/h9-16,19H,5-8H2,1-4H3,(H,26,27)(H,28,29). The number of nitrogens with one attached hydrogen (secondary N) is 2. The molecule has 1 atom stereocenters. The van der Waals surface area contributed by atoms with Gasteiger partial charge in [0.2, 0.25) is 5.75 Å². The third-order valence-electron chi connectivity index (χ3n) is 4.90. The van der Waals surface area contributed by atoms with Gasteiger partial charge >= 0.3 is 0 Å². The number of H-pyrrole nitrogens is 1. The topological polar surface area (TPSA) is 85.5 Å². The molecule has 2 aromatic carbocycles. The Morgan fingerprint density at radius 3 is 2.16 bits per heavy atom. The van der Waals surface area contributed by atoms with Gasteiger partial charge in [-0.1, -0.05) is 37.3 Å². The van der Waals surface area contributed by atoms with Crippen molar-refractivity contribution in [2.75, 3.05) is 19.8 Å². The van der Waals surface area contributed by atoms with Crippen molar-refractivity contribution in [2.24, 2.45) is 0 Å². The lowest BCUT2D eigenvalue weighted by molar-refractivity contribution is 0.0932. The first-order valence-corrected chi connectivity index (χ1v) is 11.1. The van der Waals surface area contributed by atoms with E-state index in [0.29, 0.717) is 54.9 Å². The second-order valence-corrected chi connectivity index (χ2v) is 7.08. The van der Waals surface area contributed by atoms with Crippen LogP contribution in [0.15, 0.2) is 48.7 Å². The quantitative estimate of drug-likeness (QED) is 0.433. The van der Waals surface area contributed by atoms with Crippen LogP contribution in [0.5, 0.6) is 17.2 Å². The van der Waals surface area contributed by atoms with Crippen molar-refractivity contribution in [1.82, 2.24) is 15.3 Å². The summed E-state index contributed by atoms with van der Waals surface area (Å²) < 4.78 is 17.2. The minimum Gasteiger partial charge on any atom is -0.490 e. The number of benzene rings is 2. The molecule has 0 saturated carbocycles. The summed E-state index contributed by atoms with van der Waals surface area (Å²) in [5.74, 6) is 1.96. The van der Waals surface area contributed by atoms with Crippen molar-refractivity contribution >= 4 is 5.91 Å². The van der Waals surface area contributed by atoms with Crippen LogP contribution in [0.3, 0.4) is 0 Å². The van der Waals surface area contributed by atoms with Gasteiger partial charge in [0.1, 0.15) is 5.82 Å². The SMILES string of the molecule is CCOc1cc(C(=O)NC(CC)c2ncc(-c3ccccc3)[nH]2)cc(OCC)c1OCC. The third-order valence-corrected chi connectivity index (χ3v) is 4.90. The van der Waals surface area contributed by atoms with Gasteiger partial charge in [-0.3, -0.25) is 4.79 Å². The molecule has 0 aliphatic carbocycles. The maximum Gasteiger partial charge on any atom is 0.252 e. The number of aromatic nitrogens is 2. The fourth-order valence-corrected chi connectivity index (χ4v) is 3.40. The largest absolute Gasteiger partial charge is 0.490 e. The molecule has 0 fully saturated rings. The summed E-state index contributed by atoms with van der Waals surface area (Å²) in [6, 6.07) is 13.1. The van der Waals surface area contributed by atoms with Crippen LogP contribution in [0.2, 0.25) is 0 Å². The zero-order valence-electron chi connectivity index (χ0n) is 19.1. The molecular formula is C25H31N3O4. The molecule has 1 aromatic heterocycles. The number of imidazole rings is 1. The number of amides is 1. The Bertz CT molecular complexity index is 990. The third kappa shape index (κ3) is 5.41. The maximum atomic E-state index is 13.1. The summed E-state index contributed by atoms with van der Waals surface area (Å²) in [7, 11) is 0. The summed E-state index contributed by atoms with van der Waals surface area (Å²) in [6.07, 6.45) is 2.47. The van der Waals surface area contributed by atoms with Gasteiger partial charge in [0.25, 0.3) is 5.91 Å². The summed E-state index contributed by atoms with van der Waals surface area (Å²) in [4.78, 5) is 21.0. The number of nitrogens with zero attached hydrogens (tertiary/aromatic N) is 1. The normalized spacial score (nSPS) is 11.6. The Hall–Kier alpha value is -3.48. The average molecular weight is 438 g/mol. The van der Waals surface area contributed by atoms with Gasteiger partial charge in [-0.15, -0.1) is 0 Å². The van der Waals surface area contributed by atoms with Gasteiger partial charge in [-0.2, -0.15) is 0 Å². The second kappa shape index (κ2) is 11.2. The smallest absolute Gasteiger partial charge is 0.252 e.